The van der Waals surface area contributed by atoms with Crippen LogP contribution in [0.1, 0.15) is 29.6 Å². The molecular weight excluding hydrogens is 321 g/mol. The Morgan fingerprint density at radius 1 is 1.08 bits per heavy atom. The number of hydrogen-bond donors (Lipinski definition) is 3. The summed E-state index contributed by atoms with van der Waals surface area (Å²) in [4.78, 5) is 11.8. The fraction of sp³-hybridized carbons (Fsp3) is 0.278. The Morgan fingerprint density at radius 3 is 2.28 bits per heavy atom. The average molecular weight is 347 g/mol. The van der Waals surface area contributed by atoms with Crippen molar-refractivity contribution >= 4 is 24.4 Å². The molecule has 25 heavy (non-hydrogen) atoms. The van der Waals surface area contributed by atoms with Crippen molar-refractivity contribution in [3.8, 4) is 11.5 Å². The zero-order valence-electron chi connectivity index (χ0n) is 13.8. The molecule has 0 radical (unpaired) electrons. The number of nitrogens with one attached hydrogen (secondary N) is 1. The number of rotatable bonds is 4. The number of anilines is 1. The van der Waals surface area contributed by atoms with E-state index in [2.05, 4.69) is 5.32 Å². The van der Waals surface area contributed by atoms with Crippen LogP contribution in [0.4, 0.5) is 10.5 Å². The van der Waals surface area contributed by atoms with Gasteiger partial charge in [-0.15, -0.1) is 0 Å². The van der Waals surface area contributed by atoms with Gasteiger partial charge in [0.2, 0.25) is 0 Å². The van der Waals surface area contributed by atoms with Gasteiger partial charge in [0.1, 0.15) is 17.1 Å². The van der Waals surface area contributed by atoms with E-state index in [1.807, 2.05) is 0 Å². The molecule has 0 heterocycles. The molecule has 0 saturated heterocycles. The molecule has 0 bridgehead atoms. The number of benzene rings is 2. The van der Waals surface area contributed by atoms with Gasteiger partial charge in [-0.3, -0.25) is 5.32 Å². The van der Waals surface area contributed by atoms with E-state index in [4.69, 9.17) is 19.5 Å². The molecule has 7 heteroatoms. The largest absolute Gasteiger partial charge is 0.488 e. The Hall–Kier alpha value is -2.51. The zero-order valence-corrected chi connectivity index (χ0v) is 13.8. The molecular formula is C18H26BNO5. The van der Waals surface area contributed by atoms with Gasteiger partial charge in [-0.2, -0.15) is 0 Å². The van der Waals surface area contributed by atoms with Gasteiger partial charge in [0, 0.05) is 13.2 Å². The fourth-order valence-corrected chi connectivity index (χ4v) is 1.90. The third-order valence-electron chi connectivity index (χ3n) is 2.89. The maximum atomic E-state index is 11.8. The Morgan fingerprint density at radius 2 is 1.72 bits per heavy atom. The molecule has 0 atom stereocenters. The summed E-state index contributed by atoms with van der Waals surface area (Å²) in [6.07, 6.45) is -0.541. The normalized spacial score (nSPS) is 10.4. The van der Waals surface area contributed by atoms with Crippen LogP contribution in [0.15, 0.2) is 48.5 Å². The summed E-state index contributed by atoms with van der Waals surface area (Å²) in [6, 6.07) is 13.3. The van der Waals surface area contributed by atoms with Crippen LogP contribution >= 0.6 is 0 Å². The molecule has 0 spiro atoms. The first-order valence-electron chi connectivity index (χ1n) is 7.47. The van der Waals surface area contributed by atoms with Crippen LogP contribution in [0.5, 0.6) is 11.5 Å². The lowest BCUT2D eigenvalue weighted by molar-refractivity contribution is 0.0636. The van der Waals surface area contributed by atoms with Gasteiger partial charge in [0.05, 0.1) is 0 Å². The highest BCUT2D eigenvalue weighted by atomic mass is 16.6. The number of ether oxygens (including phenoxy) is 2. The second kappa shape index (κ2) is 8.55. The first-order chi connectivity index (χ1) is 11.2. The second-order valence-electron chi connectivity index (χ2n) is 6.20. The third kappa shape index (κ3) is 6.87. The Labute approximate surface area is 150 Å². The van der Waals surface area contributed by atoms with Crippen molar-refractivity contribution in [3.63, 3.8) is 0 Å². The number of amides is 1. The summed E-state index contributed by atoms with van der Waals surface area (Å²) in [5, 5.41) is 20.8. The lowest BCUT2D eigenvalue weighted by Crippen LogP contribution is -2.29. The molecule has 0 aliphatic carbocycles. The molecule has 3 N–H and O–H groups in total. The number of carbonyl (C=O) groups excluding carboxylic acids is 1. The van der Waals surface area contributed by atoms with Crippen molar-refractivity contribution in [2.45, 2.75) is 33.8 Å². The maximum Gasteiger partial charge on any atom is 0.488 e. The van der Waals surface area contributed by atoms with E-state index in [-0.39, 0.29) is 8.85 Å². The minimum absolute atomic E-state index is 0. The maximum absolute atomic E-state index is 11.8. The van der Waals surface area contributed by atoms with E-state index in [1.165, 1.54) is 0 Å². The predicted molar refractivity (Wildman–Crippen MR) is 101 cm³/mol. The van der Waals surface area contributed by atoms with Crippen molar-refractivity contribution < 1.29 is 25.7 Å². The van der Waals surface area contributed by atoms with Gasteiger partial charge in [0.15, 0.2) is 0 Å². The van der Waals surface area contributed by atoms with Crippen LogP contribution in [0.25, 0.3) is 0 Å². The van der Waals surface area contributed by atoms with E-state index in [0.29, 0.717) is 22.6 Å². The summed E-state index contributed by atoms with van der Waals surface area (Å²) in [7, 11) is -1.51. The van der Waals surface area contributed by atoms with Crippen LogP contribution in [0, 0.1) is 0 Å². The van der Waals surface area contributed by atoms with Crippen LogP contribution < -0.4 is 15.5 Å². The first-order valence-corrected chi connectivity index (χ1v) is 7.47. The molecule has 0 fully saturated rings. The lowest BCUT2D eigenvalue weighted by Gasteiger charge is -2.19. The van der Waals surface area contributed by atoms with Gasteiger partial charge in [0.25, 0.3) is 0 Å². The molecule has 0 aromatic heterocycles. The summed E-state index contributed by atoms with van der Waals surface area (Å²) in [5.41, 5.74) is 0.351. The molecule has 2 aromatic rings. The molecule has 6 nitrogen and oxygen atoms in total. The highest BCUT2D eigenvalue weighted by molar-refractivity contribution is 6.58. The van der Waals surface area contributed by atoms with Gasteiger partial charge in [-0.05, 0) is 50.5 Å². The van der Waals surface area contributed by atoms with Crippen LogP contribution in [0.3, 0.4) is 0 Å². The van der Waals surface area contributed by atoms with Gasteiger partial charge in [-0.25, -0.2) is 4.79 Å². The summed E-state index contributed by atoms with van der Waals surface area (Å²) < 4.78 is 10.9. The molecule has 0 saturated carbocycles. The number of hydrogen-bond acceptors (Lipinski definition) is 5. The van der Waals surface area contributed by atoms with Crippen LogP contribution in [0.2, 0.25) is 0 Å². The Balaban J connectivity index is 0.00000312. The van der Waals surface area contributed by atoms with Crippen molar-refractivity contribution in [2.75, 3.05) is 5.32 Å². The minimum Gasteiger partial charge on any atom is -0.457 e. The van der Waals surface area contributed by atoms with Crippen molar-refractivity contribution in [2.24, 2.45) is 0 Å². The average Bonchev–Trinajstić information content (AvgIpc) is 2.46. The highest BCUT2D eigenvalue weighted by Gasteiger charge is 2.16. The third-order valence-corrected chi connectivity index (χ3v) is 2.89. The zero-order chi connectivity index (χ0) is 17.7. The van der Waals surface area contributed by atoms with Crippen LogP contribution in [-0.4, -0.2) is 28.9 Å². The van der Waals surface area contributed by atoms with E-state index in [1.54, 1.807) is 69.3 Å². The van der Waals surface area contributed by atoms with E-state index >= 15 is 0 Å². The smallest absolute Gasteiger partial charge is 0.457 e. The monoisotopic (exact) mass is 347 g/mol. The van der Waals surface area contributed by atoms with E-state index in [9.17, 15) is 4.79 Å². The fourth-order valence-electron chi connectivity index (χ4n) is 1.90. The van der Waals surface area contributed by atoms with E-state index in [0.717, 1.165) is 0 Å². The molecule has 136 valence electrons. The summed E-state index contributed by atoms with van der Waals surface area (Å²) >= 11 is 0. The van der Waals surface area contributed by atoms with Gasteiger partial charge < -0.3 is 19.5 Å². The molecule has 2 aromatic carbocycles. The van der Waals surface area contributed by atoms with Gasteiger partial charge in [-0.1, -0.05) is 25.6 Å². The van der Waals surface area contributed by atoms with Crippen molar-refractivity contribution in [3.05, 3.63) is 48.5 Å². The predicted octanol–water partition coefficient (Wildman–Crippen LogP) is 3.39. The Kier molecular flexibility index (Phi) is 7.02. The Bertz CT molecular complexity index is 701. The van der Waals surface area contributed by atoms with Crippen LogP contribution in [-0.2, 0) is 4.74 Å². The minimum atomic E-state index is -1.51. The topological polar surface area (TPSA) is 88.0 Å². The highest BCUT2D eigenvalue weighted by Crippen LogP contribution is 2.24. The van der Waals surface area contributed by atoms with E-state index < -0.39 is 18.8 Å². The lowest BCUT2D eigenvalue weighted by atomic mass is 9.80. The first kappa shape index (κ1) is 20.5. The van der Waals surface area contributed by atoms with Crippen molar-refractivity contribution in [1.82, 2.24) is 0 Å². The SMILES string of the molecule is C.CC(C)(C)OC(=O)Nc1cccc(Oc2ccc(B(O)O)cc2)c1.[HH]. The summed E-state index contributed by atoms with van der Waals surface area (Å²) in [5.74, 6) is 1.06. The molecule has 0 aliphatic rings. The molecule has 0 aliphatic heterocycles. The second-order valence-corrected chi connectivity index (χ2v) is 6.20. The summed E-state index contributed by atoms with van der Waals surface area (Å²) in [6.45, 7) is 5.37. The quantitative estimate of drug-likeness (QED) is 0.738. The van der Waals surface area contributed by atoms with Crippen molar-refractivity contribution in [1.29, 1.82) is 0 Å². The molecule has 0 unspecified atom stereocenters. The molecule has 2 rings (SSSR count). The molecule has 1 amide bonds. The number of carbonyl (C=O) groups is 1. The van der Waals surface area contributed by atoms with Gasteiger partial charge >= 0.3 is 13.2 Å². The standard InChI is InChI=1S/C17H20BNO5.CH4.H2/c1-17(2,3)24-16(20)19-13-5-4-6-15(11-13)23-14-9-7-12(8-10-14)18(21)22;;/h4-11,21-22H,1-3H3,(H,19,20);1H4;1H.